The van der Waals surface area contributed by atoms with E-state index in [1.165, 1.54) is 11.9 Å². The minimum atomic E-state index is -1.74. The van der Waals surface area contributed by atoms with Crippen molar-refractivity contribution < 1.29 is 28.7 Å². The van der Waals surface area contributed by atoms with Crippen molar-refractivity contribution in [2.24, 2.45) is 11.8 Å². The highest BCUT2D eigenvalue weighted by molar-refractivity contribution is 6.67. The van der Waals surface area contributed by atoms with Gasteiger partial charge in [-0.1, -0.05) is 60.8 Å². The largest absolute Gasteiger partial charge is 0.460 e. The second-order valence-corrected chi connectivity index (χ2v) is 10.7. The fourth-order valence-corrected chi connectivity index (χ4v) is 3.22. The molecule has 0 spiro atoms. The Labute approximate surface area is 209 Å². The van der Waals surface area contributed by atoms with Crippen molar-refractivity contribution in [1.29, 1.82) is 0 Å². The van der Waals surface area contributed by atoms with Crippen molar-refractivity contribution in [3.05, 3.63) is 12.2 Å². The number of rotatable bonds is 9. The number of amides is 2. The summed E-state index contributed by atoms with van der Waals surface area (Å²) in [6.07, 6.45) is 3.30. The van der Waals surface area contributed by atoms with E-state index in [4.69, 9.17) is 44.3 Å². The maximum Gasteiger partial charge on any atom is 0.325 e. The van der Waals surface area contributed by atoms with Crippen LogP contribution in [-0.2, 0) is 28.7 Å². The van der Waals surface area contributed by atoms with Gasteiger partial charge in [0, 0.05) is 6.54 Å². The van der Waals surface area contributed by atoms with Gasteiger partial charge in [-0.3, -0.25) is 24.2 Å². The molecule has 1 heterocycles. The summed E-state index contributed by atoms with van der Waals surface area (Å²) >= 11 is 16.8. The van der Waals surface area contributed by atoms with Crippen LogP contribution in [0, 0.1) is 11.8 Å². The third-order valence-corrected chi connectivity index (χ3v) is 5.13. The molecular weight excluding hydrogens is 497 g/mol. The molecule has 0 saturated carbocycles. The van der Waals surface area contributed by atoms with E-state index in [-0.39, 0.29) is 5.92 Å². The van der Waals surface area contributed by atoms with Crippen molar-refractivity contribution in [3.63, 3.8) is 0 Å². The maximum atomic E-state index is 12.8. The number of allylic oxidation sites excluding steroid dienone is 1. The predicted molar refractivity (Wildman–Crippen MR) is 125 cm³/mol. The standard InChI is InChI=1S/C21H32Cl3N3O6/c1-6-8-13(4)19(30)33-16(12(2)3)17(28)25-14(5)18(29)27-10-7-9-15(26-27)20(31)32-11-21(22,23)24/h6,8,12-16,26H,7,9-11H2,1-5H3,(H,25,28). The SMILES string of the molecule is CC=CC(C)C(=O)OC(C(=O)NC(C)C(=O)N1CCCC(C(=O)OCC(Cl)(Cl)Cl)N1)C(C)C. The first-order valence-electron chi connectivity index (χ1n) is 10.7. The quantitative estimate of drug-likeness (QED) is 0.269. The number of hydrazine groups is 1. The van der Waals surface area contributed by atoms with E-state index in [0.717, 1.165) is 0 Å². The minimum Gasteiger partial charge on any atom is -0.460 e. The highest BCUT2D eigenvalue weighted by Gasteiger charge is 2.35. The van der Waals surface area contributed by atoms with Gasteiger partial charge < -0.3 is 14.8 Å². The number of halogens is 3. The van der Waals surface area contributed by atoms with Crippen LogP contribution in [0.25, 0.3) is 0 Å². The fraction of sp³-hybridized carbons (Fsp3) is 0.714. The second kappa shape index (κ2) is 13.4. The van der Waals surface area contributed by atoms with E-state index in [0.29, 0.717) is 19.4 Å². The van der Waals surface area contributed by atoms with Gasteiger partial charge in [-0.25, -0.2) is 5.43 Å². The summed E-state index contributed by atoms with van der Waals surface area (Å²) in [4.78, 5) is 50.0. The first kappa shape index (κ1) is 29.5. The molecule has 1 fully saturated rings. The molecule has 2 N–H and O–H groups in total. The van der Waals surface area contributed by atoms with E-state index in [1.54, 1.807) is 39.8 Å². The van der Waals surface area contributed by atoms with Crippen LogP contribution in [0.15, 0.2) is 12.2 Å². The lowest BCUT2D eigenvalue weighted by molar-refractivity contribution is -0.161. The highest BCUT2D eigenvalue weighted by Crippen LogP contribution is 2.26. The van der Waals surface area contributed by atoms with Crippen molar-refractivity contribution in [3.8, 4) is 0 Å². The van der Waals surface area contributed by atoms with Crippen molar-refractivity contribution in [2.75, 3.05) is 13.2 Å². The molecule has 12 heteroatoms. The van der Waals surface area contributed by atoms with Gasteiger partial charge in [-0.05, 0) is 39.5 Å². The number of alkyl halides is 3. The number of carbonyl (C=O) groups excluding carboxylic acids is 4. The van der Waals surface area contributed by atoms with Gasteiger partial charge in [0.2, 0.25) is 3.79 Å². The number of hydrogen-bond acceptors (Lipinski definition) is 7. The van der Waals surface area contributed by atoms with Crippen LogP contribution < -0.4 is 10.7 Å². The predicted octanol–water partition coefficient (Wildman–Crippen LogP) is 2.68. The van der Waals surface area contributed by atoms with Gasteiger partial charge >= 0.3 is 11.9 Å². The van der Waals surface area contributed by atoms with Crippen LogP contribution >= 0.6 is 34.8 Å². The zero-order valence-corrected chi connectivity index (χ0v) is 21.7. The number of hydrogen-bond donors (Lipinski definition) is 2. The number of esters is 2. The Hall–Kier alpha value is -1.55. The molecule has 0 aromatic heterocycles. The van der Waals surface area contributed by atoms with E-state index < -0.39 is 58.3 Å². The van der Waals surface area contributed by atoms with E-state index in [9.17, 15) is 19.2 Å². The maximum absolute atomic E-state index is 12.8. The zero-order chi connectivity index (χ0) is 25.3. The van der Waals surface area contributed by atoms with Gasteiger partial charge in [0.15, 0.2) is 6.10 Å². The second-order valence-electron chi connectivity index (χ2n) is 8.18. The van der Waals surface area contributed by atoms with Gasteiger partial charge in [0.05, 0.1) is 5.92 Å². The van der Waals surface area contributed by atoms with Crippen LogP contribution in [-0.4, -0.2) is 63.9 Å². The van der Waals surface area contributed by atoms with Crippen LogP contribution in [0.4, 0.5) is 0 Å². The lowest BCUT2D eigenvalue weighted by Gasteiger charge is -2.34. The Bertz CT molecular complexity index is 741. The molecule has 0 aliphatic carbocycles. The fourth-order valence-electron chi connectivity index (χ4n) is 3.05. The lowest BCUT2D eigenvalue weighted by Crippen LogP contribution is -2.60. The van der Waals surface area contributed by atoms with Crippen LogP contribution in [0.1, 0.15) is 47.5 Å². The first-order chi connectivity index (χ1) is 15.3. The average Bonchev–Trinajstić information content (AvgIpc) is 2.74. The van der Waals surface area contributed by atoms with Gasteiger partial charge in [-0.2, -0.15) is 0 Å². The van der Waals surface area contributed by atoms with Crippen molar-refractivity contribution in [1.82, 2.24) is 15.8 Å². The summed E-state index contributed by atoms with van der Waals surface area (Å²) in [5.74, 6) is -3.04. The molecule has 0 radical (unpaired) electrons. The monoisotopic (exact) mass is 527 g/mol. The molecular formula is C21H32Cl3N3O6. The molecule has 1 aliphatic rings. The molecule has 0 aromatic rings. The van der Waals surface area contributed by atoms with Crippen LogP contribution in [0.5, 0.6) is 0 Å². The summed E-state index contributed by atoms with van der Waals surface area (Å²) in [5, 5.41) is 3.84. The molecule has 4 unspecified atom stereocenters. The van der Waals surface area contributed by atoms with Crippen LogP contribution in [0.2, 0.25) is 0 Å². The summed E-state index contributed by atoms with van der Waals surface area (Å²) in [7, 11) is 0. The van der Waals surface area contributed by atoms with Crippen molar-refractivity contribution in [2.45, 2.75) is 69.4 Å². The van der Waals surface area contributed by atoms with E-state index >= 15 is 0 Å². The summed E-state index contributed by atoms with van der Waals surface area (Å²) < 4.78 is 8.62. The number of nitrogens with zero attached hydrogens (tertiary/aromatic N) is 1. The van der Waals surface area contributed by atoms with Gasteiger partial charge in [-0.15, -0.1) is 0 Å². The molecule has 2 amide bonds. The lowest BCUT2D eigenvalue weighted by atomic mass is 10.1. The Morgan fingerprint density at radius 1 is 1.18 bits per heavy atom. The Morgan fingerprint density at radius 2 is 1.82 bits per heavy atom. The molecule has 9 nitrogen and oxygen atoms in total. The average molecular weight is 529 g/mol. The summed E-state index contributed by atoms with van der Waals surface area (Å²) in [5.41, 5.74) is 2.79. The Balaban J connectivity index is 2.71. The molecule has 4 atom stereocenters. The first-order valence-corrected chi connectivity index (χ1v) is 11.8. The number of nitrogens with one attached hydrogen (secondary N) is 2. The zero-order valence-electron chi connectivity index (χ0n) is 19.4. The molecule has 1 aliphatic heterocycles. The number of ether oxygens (including phenoxy) is 2. The number of carbonyl (C=O) groups is 4. The third kappa shape index (κ3) is 10.1. The smallest absolute Gasteiger partial charge is 0.325 e. The molecule has 33 heavy (non-hydrogen) atoms. The molecule has 0 aromatic carbocycles. The molecule has 1 saturated heterocycles. The summed E-state index contributed by atoms with van der Waals surface area (Å²) in [6.45, 7) is 8.35. The van der Waals surface area contributed by atoms with E-state index in [2.05, 4.69) is 10.7 Å². The van der Waals surface area contributed by atoms with Gasteiger partial charge in [0.25, 0.3) is 11.8 Å². The Morgan fingerprint density at radius 3 is 2.36 bits per heavy atom. The third-order valence-electron chi connectivity index (χ3n) is 4.80. The molecule has 188 valence electrons. The highest BCUT2D eigenvalue weighted by atomic mass is 35.6. The van der Waals surface area contributed by atoms with E-state index in [1.807, 2.05) is 0 Å². The molecule has 0 bridgehead atoms. The minimum absolute atomic E-state index is 0.306. The van der Waals surface area contributed by atoms with Crippen molar-refractivity contribution >= 4 is 58.6 Å². The normalized spacial score (nSPS) is 19.7. The van der Waals surface area contributed by atoms with Gasteiger partial charge in [0.1, 0.15) is 18.7 Å². The topological polar surface area (TPSA) is 114 Å². The molecule has 1 rings (SSSR count). The Kier molecular flexibility index (Phi) is 11.9. The van der Waals surface area contributed by atoms with Crippen LogP contribution in [0.3, 0.4) is 0 Å². The summed E-state index contributed by atoms with van der Waals surface area (Å²) in [6, 6.07) is -1.73.